The van der Waals surface area contributed by atoms with Crippen LogP contribution in [-0.4, -0.2) is 9.19 Å². The van der Waals surface area contributed by atoms with Gasteiger partial charge in [-0.3, -0.25) is 4.21 Å². The van der Waals surface area contributed by atoms with Gasteiger partial charge in [-0.1, -0.05) is 36.2 Å². The third-order valence-electron chi connectivity index (χ3n) is 2.82. The SMILES string of the molecule is CCc1nc(C[S@](=O)Cc2cc(C)cc(C)c2)cs1. The molecule has 1 heterocycles. The maximum absolute atomic E-state index is 12.2. The van der Waals surface area contributed by atoms with Crippen molar-refractivity contribution in [3.63, 3.8) is 0 Å². The van der Waals surface area contributed by atoms with E-state index in [0.29, 0.717) is 11.5 Å². The fourth-order valence-corrected chi connectivity index (χ4v) is 4.10. The molecule has 0 aliphatic heterocycles. The Balaban J connectivity index is 2.00. The number of aromatic nitrogens is 1. The lowest BCUT2D eigenvalue weighted by Gasteiger charge is -2.04. The second kappa shape index (κ2) is 6.44. The predicted molar refractivity (Wildman–Crippen MR) is 83.0 cm³/mol. The Morgan fingerprint density at radius 1 is 1.16 bits per heavy atom. The van der Waals surface area contributed by atoms with Gasteiger partial charge in [0.2, 0.25) is 0 Å². The quantitative estimate of drug-likeness (QED) is 0.840. The molecule has 1 aromatic heterocycles. The number of hydrogen-bond acceptors (Lipinski definition) is 3. The highest BCUT2D eigenvalue weighted by molar-refractivity contribution is 7.83. The maximum atomic E-state index is 12.2. The standard InChI is InChI=1S/C15H19NOS2/c1-4-15-16-14(8-18-15)10-19(17)9-13-6-11(2)5-12(3)7-13/h5-8H,4,9-10H2,1-3H3/t19-/m1/s1. The van der Waals surface area contributed by atoms with Crippen molar-refractivity contribution in [3.05, 3.63) is 51.0 Å². The first-order valence-corrected chi connectivity index (χ1v) is 8.79. The van der Waals surface area contributed by atoms with Crippen LogP contribution in [-0.2, 0) is 28.7 Å². The van der Waals surface area contributed by atoms with E-state index in [4.69, 9.17) is 0 Å². The highest BCUT2D eigenvalue weighted by Gasteiger charge is 2.07. The summed E-state index contributed by atoms with van der Waals surface area (Å²) in [6.07, 6.45) is 0.953. The number of rotatable bonds is 5. The average Bonchev–Trinajstić information content (AvgIpc) is 2.74. The number of aryl methyl sites for hydroxylation is 3. The van der Waals surface area contributed by atoms with E-state index in [1.807, 2.05) is 5.38 Å². The van der Waals surface area contributed by atoms with Crippen molar-refractivity contribution in [3.8, 4) is 0 Å². The molecule has 4 heteroatoms. The van der Waals surface area contributed by atoms with Crippen LogP contribution < -0.4 is 0 Å². The molecule has 0 amide bonds. The van der Waals surface area contributed by atoms with E-state index in [2.05, 4.69) is 44.0 Å². The minimum Gasteiger partial charge on any atom is -0.259 e. The summed E-state index contributed by atoms with van der Waals surface area (Å²) in [5, 5.41) is 3.15. The highest BCUT2D eigenvalue weighted by Crippen LogP contribution is 2.15. The minimum absolute atomic E-state index is 0.559. The summed E-state index contributed by atoms with van der Waals surface area (Å²) in [6.45, 7) is 6.25. The Kier molecular flexibility index (Phi) is 4.88. The van der Waals surface area contributed by atoms with Crippen LogP contribution in [0.2, 0.25) is 0 Å². The Morgan fingerprint density at radius 3 is 2.42 bits per heavy atom. The van der Waals surface area contributed by atoms with Crippen LogP contribution in [0.25, 0.3) is 0 Å². The maximum Gasteiger partial charge on any atom is 0.0925 e. The molecule has 0 saturated heterocycles. The van der Waals surface area contributed by atoms with E-state index in [1.165, 1.54) is 11.1 Å². The van der Waals surface area contributed by atoms with Gasteiger partial charge in [0, 0.05) is 21.9 Å². The molecule has 0 bridgehead atoms. The van der Waals surface area contributed by atoms with Crippen LogP contribution in [0, 0.1) is 13.8 Å². The molecule has 0 saturated carbocycles. The van der Waals surface area contributed by atoms with Gasteiger partial charge < -0.3 is 0 Å². The first-order valence-electron chi connectivity index (χ1n) is 6.42. The van der Waals surface area contributed by atoms with E-state index in [0.717, 1.165) is 22.7 Å². The molecule has 0 aliphatic carbocycles. The molecule has 2 nitrogen and oxygen atoms in total. The molecule has 0 unspecified atom stereocenters. The van der Waals surface area contributed by atoms with Gasteiger partial charge in [-0.2, -0.15) is 0 Å². The molecule has 0 fully saturated rings. The largest absolute Gasteiger partial charge is 0.259 e. The fraction of sp³-hybridized carbons (Fsp3) is 0.400. The van der Waals surface area contributed by atoms with Gasteiger partial charge in [0.25, 0.3) is 0 Å². The van der Waals surface area contributed by atoms with Crippen LogP contribution >= 0.6 is 11.3 Å². The van der Waals surface area contributed by atoms with E-state index in [9.17, 15) is 4.21 Å². The van der Waals surface area contributed by atoms with Gasteiger partial charge in [0.05, 0.1) is 16.5 Å². The summed E-state index contributed by atoms with van der Waals surface area (Å²) in [7, 11) is -0.883. The number of hydrogen-bond donors (Lipinski definition) is 0. The minimum atomic E-state index is -0.883. The molecular formula is C15H19NOS2. The summed E-state index contributed by atoms with van der Waals surface area (Å²) in [5.74, 6) is 1.17. The highest BCUT2D eigenvalue weighted by atomic mass is 32.2. The van der Waals surface area contributed by atoms with Gasteiger partial charge in [0.15, 0.2) is 0 Å². The molecule has 0 spiro atoms. The first-order chi connectivity index (χ1) is 9.06. The Morgan fingerprint density at radius 2 is 1.84 bits per heavy atom. The van der Waals surface area contributed by atoms with E-state index >= 15 is 0 Å². The van der Waals surface area contributed by atoms with Crippen molar-refractivity contribution in [2.75, 3.05) is 0 Å². The summed E-state index contributed by atoms with van der Waals surface area (Å²) in [4.78, 5) is 4.47. The smallest absolute Gasteiger partial charge is 0.0925 e. The van der Waals surface area contributed by atoms with Gasteiger partial charge in [-0.05, 0) is 25.8 Å². The van der Waals surface area contributed by atoms with Gasteiger partial charge >= 0.3 is 0 Å². The summed E-state index contributed by atoms with van der Waals surface area (Å²) in [6, 6.07) is 6.37. The predicted octanol–water partition coefficient (Wildman–Crippen LogP) is 3.77. The molecule has 0 aliphatic rings. The second-order valence-electron chi connectivity index (χ2n) is 4.81. The fourth-order valence-electron chi connectivity index (χ4n) is 2.13. The monoisotopic (exact) mass is 293 g/mol. The van der Waals surface area contributed by atoms with Crippen LogP contribution in [0.1, 0.15) is 34.3 Å². The zero-order valence-electron chi connectivity index (χ0n) is 11.6. The van der Waals surface area contributed by atoms with E-state index in [-0.39, 0.29) is 0 Å². The first kappa shape index (κ1) is 14.4. The molecule has 0 N–H and O–H groups in total. The van der Waals surface area contributed by atoms with Crippen molar-refractivity contribution in [1.82, 2.24) is 4.98 Å². The molecule has 19 heavy (non-hydrogen) atoms. The third-order valence-corrected chi connectivity index (χ3v) is 5.13. The van der Waals surface area contributed by atoms with Gasteiger partial charge in [-0.25, -0.2) is 4.98 Å². The Hall–Kier alpha value is -1.00. The van der Waals surface area contributed by atoms with Crippen molar-refractivity contribution in [1.29, 1.82) is 0 Å². The molecule has 0 radical (unpaired) electrons. The zero-order chi connectivity index (χ0) is 13.8. The van der Waals surface area contributed by atoms with Crippen molar-refractivity contribution < 1.29 is 4.21 Å². The van der Waals surface area contributed by atoms with Crippen molar-refractivity contribution in [2.45, 2.75) is 38.7 Å². The lowest BCUT2D eigenvalue weighted by Crippen LogP contribution is -2.00. The van der Waals surface area contributed by atoms with Crippen LogP contribution in [0.15, 0.2) is 23.6 Å². The Bertz CT molecular complexity index is 569. The Labute approximate surface area is 121 Å². The van der Waals surface area contributed by atoms with Crippen LogP contribution in [0.4, 0.5) is 0 Å². The third kappa shape index (κ3) is 4.25. The summed E-state index contributed by atoms with van der Waals surface area (Å²) >= 11 is 1.66. The second-order valence-corrected chi connectivity index (χ2v) is 7.21. The molecule has 2 rings (SSSR count). The zero-order valence-corrected chi connectivity index (χ0v) is 13.2. The van der Waals surface area contributed by atoms with Crippen molar-refractivity contribution >= 4 is 22.1 Å². The lowest BCUT2D eigenvalue weighted by molar-refractivity contribution is 0.681. The number of benzene rings is 1. The topological polar surface area (TPSA) is 30.0 Å². The number of nitrogens with zero attached hydrogens (tertiary/aromatic N) is 1. The van der Waals surface area contributed by atoms with Crippen LogP contribution in [0.3, 0.4) is 0 Å². The lowest BCUT2D eigenvalue weighted by atomic mass is 10.1. The molecule has 102 valence electrons. The van der Waals surface area contributed by atoms with E-state index in [1.54, 1.807) is 11.3 Å². The number of thiazole rings is 1. The van der Waals surface area contributed by atoms with Gasteiger partial charge in [0.1, 0.15) is 0 Å². The van der Waals surface area contributed by atoms with Crippen molar-refractivity contribution in [2.24, 2.45) is 0 Å². The molecule has 1 atom stereocenters. The van der Waals surface area contributed by atoms with E-state index < -0.39 is 10.8 Å². The average molecular weight is 293 g/mol. The van der Waals surface area contributed by atoms with Crippen LogP contribution in [0.5, 0.6) is 0 Å². The molecule has 2 aromatic rings. The summed E-state index contributed by atoms with van der Waals surface area (Å²) in [5.41, 5.74) is 4.58. The summed E-state index contributed by atoms with van der Waals surface area (Å²) < 4.78 is 12.2. The van der Waals surface area contributed by atoms with Gasteiger partial charge in [-0.15, -0.1) is 11.3 Å². The molecule has 1 aromatic carbocycles. The molecular weight excluding hydrogens is 274 g/mol. The normalized spacial score (nSPS) is 12.6.